The number of nitrogens with one attached hydrogen (secondary N) is 1. The fourth-order valence-electron chi connectivity index (χ4n) is 1.97. The summed E-state index contributed by atoms with van der Waals surface area (Å²) in [5, 5.41) is 8.78. The molecule has 1 atom stereocenters. The molecule has 0 bridgehead atoms. The van der Waals surface area contributed by atoms with Crippen molar-refractivity contribution in [3.05, 3.63) is 59.7 Å². The summed E-state index contributed by atoms with van der Waals surface area (Å²) in [6.45, 7) is 1.76. The van der Waals surface area contributed by atoms with Gasteiger partial charge in [0.25, 0.3) is 0 Å². The molecule has 21 heavy (non-hydrogen) atoms. The van der Waals surface area contributed by atoms with Gasteiger partial charge in [-0.3, -0.25) is 0 Å². The Hall–Kier alpha value is -2.36. The van der Waals surface area contributed by atoms with Gasteiger partial charge in [0, 0.05) is 6.04 Å². The molecule has 0 aromatic heterocycles. The van der Waals surface area contributed by atoms with E-state index in [2.05, 4.69) is 4.72 Å². The Bertz CT molecular complexity index is 780. The minimum Gasteiger partial charge on any atom is -0.398 e. The molecule has 0 aliphatic carbocycles. The predicted molar refractivity (Wildman–Crippen MR) is 80.7 cm³/mol. The van der Waals surface area contributed by atoms with Crippen LogP contribution in [-0.4, -0.2) is 8.42 Å². The molecule has 3 N–H and O–H groups in total. The zero-order valence-corrected chi connectivity index (χ0v) is 12.3. The van der Waals surface area contributed by atoms with E-state index in [1.807, 2.05) is 36.4 Å². The van der Waals surface area contributed by atoms with E-state index in [4.69, 9.17) is 11.0 Å². The van der Waals surface area contributed by atoms with Crippen LogP contribution in [0.5, 0.6) is 0 Å². The summed E-state index contributed by atoms with van der Waals surface area (Å²) in [6, 6.07) is 14.9. The molecule has 108 valence electrons. The lowest BCUT2D eigenvalue weighted by Crippen LogP contribution is -2.27. The Morgan fingerprint density at radius 2 is 1.86 bits per heavy atom. The molecule has 2 aromatic carbocycles. The minimum atomic E-state index is -3.75. The number of nitrogen functional groups attached to an aromatic ring is 1. The van der Waals surface area contributed by atoms with Gasteiger partial charge in [-0.25, -0.2) is 13.1 Å². The van der Waals surface area contributed by atoms with Crippen LogP contribution in [0.1, 0.15) is 24.1 Å². The molecule has 0 heterocycles. The molecule has 1 unspecified atom stereocenters. The fourth-order valence-corrected chi connectivity index (χ4v) is 3.31. The summed E-state index contributed by atoms with van der Waals surface area (Å²) in [4.78, 5) is -0.0238. The summed E-state index contributed by atoms with van der Waals surface area (Å²) >= 11 is 0. The topological polar surface area (TPSA) is 96.0 Å². The van der Waals surface area contributed by atoms with Crippen LogP contribution in [0.15, 0.2) is 53.4 Å². The average molecular weight is 301 g/mol. The zero-order chi connectivity index (χ0) is 15.5. The molecule has 0 amide bonds. The summed E-state index contributed by atoms with van der Waals surface area (Å²) in [5.41, 5.74) is 6.96. The van der Waals surface area contributed by atoms with Crippen LogP contribution in [0.25, 0.3) is 0 Å². The van der Waals surface area contributed by atoms with Crippen molar-refractivity contribution in [1.82, 2.24) is 4.72 Å². The summed E-state index contributed by atoms with van der Waals surface area (Å²) in [7, 11) is -3.75. The van der Waals surface area contributed by atoms with Gasteiger partial charge in [-0.1, -0.05) is 30.3 Å². The van der Waals surface area contributed by atoms with Gasteiger partial charge in [-0.05, 0) is 30.7 Å². The Kier molecular flexibility index (Phi) is 4.26. The van der Waals surface area contributed by atoms with Gasteiger partial charge < -0.3 is 5.73 Å². The number of nitrogens with two attached hydrogens (primary N) is 1. The largest absolute Gasteiger partial charge is 0.398 e. The van der Waals surface area contributed by atoms with Crippen LogP contribution in [0.4, 0.5) is 5.69 Å². The number of nitrogens with zero attached hydrogens (tertiary/aromatic N) is 1. The molecule has 0 saturated carbocycles. The van der Waals surface area contributed by atoms with E-state index < -0.39 is 10.0 Å². The summed E-state index contributed by atoms with van der Waals surface area (Å²) in [5.74, 6) is 0. The zero-order valence-electron chi connectivity index (χ0n) is 11.4. The number of anilines is 1. The molecule has 0 fully saturated rings. The molecule has 2 aromatic rings. The highest BCUT2D eigenvalue weighted by atomic mass is 32.2. The molecular formula is C15H15N3O2S. The van der Waals surface area contributed by atoms with Crippen molar-refractivity contribution in [2.24, 2.45) is 0 Å². The normalized spacial score (nSPS) is 12.6. The van der Waals surface area contributed by atoms with E-state index in [0.717, 1.165) is 5.56 Å². The van der Waals surface area contributed by atoms with Crippen LogP contribution < -0.4 is 10.5 Å². The van der Waals surface area contributed by atoms with Crippen molar-refractivity contribution < 1.29 is 8.42 Å². The van der Waals surface area contributed by atoms with E-state index in [-0.39, 0.29) is 16.6 Å². The first-order chi connectivity index (χ1) is 9.94. The molecule has 0 aliphatic heterocycles. The summed E-state index contributed by atoms with van der Waals surface area (Å²) < 4.78 is 27.3. The maximum absolute atomic E-state index is 12.4. The van der Waals surface area contributed by atoms with Crippen molar-refractivity contribution >= 4 is 15.7 Å². The second-order valence-electron chi connectivity index (χ2n) is 4.62. The molecule has 6 heteroatoms. The first-order valence-electron chi connectivity index (χ1n) is 6.31. The average Bonchev–Trinajstić information content (AvgIpc) is 2.47. The molecule has 0 aliphatic rings. The third-order valence-corrected chi connectivity index (χ3v) is 4.67. The van der Waals surface area contributed by atoms with E-state index in [9.17, 15) is 8.42 Å². The second-order valence-corrected chi connectivity index (χ2v) is 6.30. The quantitative estimate of drug-likeness (QED) is 0.846. The second kappa shape index (κ2) is 5.95. The number of rotatable bonds is 4. The highest BCUT2D eigenvalue weighted by Gasteiger charge is 2.20. The molecule has 2 rings (SSSR count). The van der Waals surface area contributed by atoms with Gasteiger partial charge in [0.2, 0.25) is 10.0 Å². The van der Waals surface area contributed by atoms with E-state index in [1.165, 1.54) is 18.2 Å². The third kappa shape index (κ3) is 3.40. The molecule has 0 spiro atoms. The Morgan fingerprint density at radius 1 is 1.19 bits per heavy atom. The van der Waals surface area contributed by atoms with Gasteiger partial charge in [-0.2, -0.15) is 5.26 Å². The van der Waals surface area contributed by atoms with Crippen molar-refractivity contribution in [1.29, 1.82) is 5.26 Å². The van der Waals surface area contributed by atoms with Gasteiger partial charge in [0.05, 0.1) is 17.3 Å². The minimum absolute atomic E-state index is 0.0238. The third-order valence-electron chi connectivity index (χ3n) is 3.06. The van der Waals surface area contributed by atoms with Gasteiger partial charge in [0.1, 0.15) is 4.90 Å². The fraction of sp³-hybridized carbons (Fsp3) is 0.133. The standard InChI is InChI=1S/C15H15N3O2S/c1-11(13-5-3-2-4-6-13)18-21(19,20)15-8-7-12(10-16)9-14(15)17/h2-9,11,18H,17H2,1H3. The summed E-state index contributed by atoms with van der Waals surface area (Å²) in [6.07, 6.45) is 0. The number of sulfonamides is 1. The van der Waals surface area contributed by atoms with Crippen molar-refractivity contribution in [2.75, 3.05) is 5.73 Å². The van der Waals surface area contributed by atoms with Crippen molar-refractivity contribution in [3.8, 4) is 6.07 Å². The lowest BCUT2D eigenvalue weighted by molar-refractivity contribution is 0.567. The number of benzene rings is 2. The highest BCUT2D eigenvalue weighted by molar-refractivity contribution is 7.89. The van der Waals surface area contributed by atoms with E-state index in [0.29, 0.717) is 5.56 Å². The number of hydrogen-bond donors (Lipinski definition) is 2. The smallest absolute Gasteiger partial charge is 0.243 e. The molecule has 5 nitrogen and oxygen atoms in total. The molecule has 0 saturated heterocycles. The number of hydrogen-bond acceptors (Lipinski definition) is 4. The van der Waals surface area contributed by atoms with Crippen LogP contribution in [0, 0.1) is 11.3 Å². The molecular weight excluding hydrogens is 286 g/mol. The van der Waals surface area contributed by atoms with E-state index in [1.54, 1.807) is 6.92 Å². The highest BCUT2D eigenvalue weighted by Crippen LogP contribution is 2.22. The molecule has 0 radical (unpaired) electrons. The van der Waals surface area contributed by atoms with Crippen LogP contribution in [0.2, 0.25) is 0 Å². The maximum atomic E-state index is 12.4. The SMILES string of the molecule is CC(NS(=O)(=O)c1ccc(C#N)cc1N)c1ccccc1. The number of nitriles is 1. The van der Waals surface area contributed by atoms with Gasteiger partial charge in [-0.15, -0.1) is 0 Å². The first-order valence-corrected chi connectivity index (χ1v) is 7.79. The van der Waals surface area contributed by atoms with E-state index >= 15 is 0 Å². The lowest BCUT2D eigenvalue weighted by Gasteiger charge is -2.15. The van der Waals surface area contributed by atoms with Crippen molar-refractivity contribution in [3.63, 3.8) is 0 Å². The van der Waals surface area contributed by atoms with Crippen molar-refractivity contribution in [2.45, 2.75) is 17.9 Å². The first kappa shape index (κ1) is 15.0. The Balaban J connectivity index is 2.29. The monoisotopic (exact) mass is 301 g/mol. The van der Waals surface area contributed by atoms with Crippen LogP contribution >= 0.6 is 0 Å². The van der Waals surface area contributed by atoms with Gasteiger partial charge >= 0.3 is 0 Å². The van der Waals surface area contributed by atoms with Crippen LogP contribution in [-0.2, 0) is 10.0 Å². The van der Waals surface area contributed by atoms with Crippen LogP contribution in [0.3, 0.4) is 0 Å². The predicted octanol–water partition coefficient (Wildman–Crippen LogP) is 2.18. The lowest BCUT2D eigenvalue weighted by atomic mass is 10.1. The Labute approximate surface area is 124 Å². The van der Waals surface area contributed by atoms with Gasteiger partial charge in [0.15, 0.2) is 0 Å². The maximum Gasteiger partial charge on any atom is 0.243 e. The Morgan fingerprint density at radius 3 is 2.43 bits per heavy atom.